The van der Waals surface area contributed by atoms with Crippen LogP contribution in [0, 0.1) is 0 Å². The van der Waals surface area contributed by atoms with E-state index in [0.29, 0.717) is 18.2 Å². The highest BCUT2D eigenvalue weighted by molar-refractivity contribution is 7.99. The molecule has 0 atom stereocenters. The Morgan fingerprint density at radius 3 is 2.72 bits per heavy atom. The highest BCUT2D eigenvalue weighted by atomic mass is 32.2. The molecule has 0 fully saturated rings. The van der Waals surface area contributed by atoms with Crippen molar-refractivity contribution < 1.29 is 4.79 Å². The molecule has 0 N–H and O–H groups in total. The van der Waals surface area contributed by atoms with E-state index in [-0.39, 0.29) is 5.78 Å². The number of ketones is 1. The minimum Gasteiger partial charge on any atom is -0.298 e. The quantitative estimate of drug-likeness (QED) is 0.643. The summed E-state index contributed by atoms with van der Waals surface area (Å²) in [5.74, 6) is 1.96. The Bertz CT molecular complexity index is 358. The zero-order chi connectivity index (χ0) is 13.4. The van der Waals surface area contributed by atoms with Crippen LogP contribution in [-0.4, -0.2) is 27.1 Å². The molecule has 0 aromatic carbocycles. The molecule has 0 saturated carbocycles. The van der Waals surface area contributed by atoms with E-state index in [0.717, 1.165) is 30.7 Å². The second-order valence-corrected chi connectivity index (χ2v) is 5.63. The van der Waals surface area contributed by atoms with E-state index in [9.17, 15) is 4.79 Å². The van der Waals surface area contributed by atoms with Gasteiger partial charge in [-0.05, 0) is 31.1 Å². The largest absolute Gasteiger partial charge is 0.298 e. The van der Waals surface area contributed by atoms with Crippen molar-refractivity contribution in [1.82, 2.24) is 9.78 Å². The lowest BCUT2D eigenvalue weighted by Gasteiger charge is -2.12. The standard InChI is InChI=1S/C14H24N2OS/c1-4-9-18-11-14(17)10-12-7-8-16(15-12)13(5-2)6-3/h7-8,13H,4-6,9-11H2,1-3H3. The van der Waals surface area contributed by atoms with Crippen LogP contribution in [-0.2, 0) is 11.2 Å². The van der Waals surface area contributed by atoms with E-state index in [2.05, 4.69) is 25.9 Å². The molecule has 102 valence electrons. The maximum Gasteiger partial charge on any atom is 0.148 e. The van der Waals surface area contributed by atoms with Gasteiger partial charge in [0, 0.05) is 6.20 Å². The third kappa shape index (κ3) is 4.84. The van der Waals surface area contributed by atoms with Gasteiger partial charge in [0.1, 0.15) is 5.78 Å². The summed E-state index contributed by atoms with van der Waals surface area (Å²) in [5.41, 5.74) is 0.906. The Hall–Kier alpha value is -0.770. The molecule has 0 unspecified atom stereocenters. The molecule has 18 heavy (non-hydrogen) atoms. The van der Waals surface area contributed by atoms with Gasteiger partial charge in [0.05, 0.1) is 23.9 Å². The van der Waals surface area contributed by atoms with E-state index in [1.807, 2.05) is 16.9 Å². The summed E-state index contributed by atoms with van der Waals surface area (Å²) in [4.78, 5) is 11.7. The molecule has 0 aliphatic carbocycles. The van der Waals surface area contributed by atoms with Crippen LogP contribution in [0.5, 0.6) is 0 Å². The number of carbonyl (C=O) groups is 1. The number of hydrogen-bond donors (Lipinski definition) is 0. The van der Waals surface area contributed by atoms with E-state index >= 15 is 0 Å². The zero-order valence-corrected chi connectivity index (χ0v) is 12.5. The number of thioether (sulfide) groups is 1. The van der Waals surface area contributed by atoms with Crippen molar-refractivity contribution in [2.45, 2.75) is 52.5 Å². The number of Topliss-reactive ketones (excluding diaryl/α,β-unsaturated/α-hetero) is 1. The third-order valence-corrected chi connectivity index (χ3v) is 4.19. The average molecular weight is 268 g/mol. The molecule has 0 aliphatic heterocycles. The van der Waals surface area contributed by atoms with Gasteiger partial charge in [-0.2, -0.15) is 16.9 Å². The number of rotatable bonds is 9. The highest BCUT2D eigenvalue weighted by Gasteiger charge is 2.10. The number of hydrogen-bond acceptors (Lipinski definition) is 3. The van der Waals surface area contributed by atoms with Gasteiger partial charge in [0.15, 0.2) is 0 Å². The van der Waals surface area contributed by atoms with E-state index in [1.165, 1.54) is 0 Å². The Labute approximate surface area is 114 Å². The molecule has 3 nitrogen and oxygen atoms in total. The maximum atomic E-state index is 11.7. The van der Waals surface area contributed by atoms with Crippen LogP contribution in [0.25, 0.3) is 0 Å². The first-order chi connectivity index (χ1) is 8.71. The van der Waals surface area contributed by atoms with Gasteiger partial charge in [-0.25, -0.2) is 0 Å². The van der Waals surface area contributed by atoms with Crippen molar-refractivity contribution >= 4 is 17.5 Å². The lowest BCUT2D eigenvalue weighted by Crippen LogP contribution is -2.10. The first kappa shape index (κ1) is 15.3. The molecule has 0 spiro atoms. The number of nitrogens with zero attached hydrogens (tertiary/aromatic N) is 2. The molecule has 0 saturated heterocycles. The molecule has 1 rings (SSSR count). The van der Waals surface area contributed by atoms with Gasteiger partial charge in [-0.1, -0.05) is 20.8 Å². The lowest BCUT2D eigenvalue weighted by molar-refractivity contribution is -0.116. The molecule has 0 bridgehead atoms. The van der Waals surface area contributed by atoms with Crippen LogP contribution in [0.15, 0.2) is 12.3 Å². The Balaban J connectivity index is 2.45. The van der Waals surface area contributed by atoms with Crippen LogP contribution in [0.1, 0.15) is 51.8 Å². The minimum atomic E-state index is 0.281. The fraction of sp³-hybridized carbons (Fsp3) is 0.714. The fourth-order valence-electron chi connectivity index (χ4n) is 1.92. The summed E-state index contributed by atoms with van der Waals surface area (Å²) < 4.78 is 2.00. The molecular formula is C14H24N2OS. The Morgan fingerprint density at radius 2 is 2.11 bits per heavy atom. The topological polar surface area (TPSA) is 34.9 Å². The molecule has 1 aromatic heterocycles. The summed E-state index contributed by atoms with van der Waals surface area (Å²) in [5, 5.41) is 4.51. The van der Waals surface area contributed by atoms with Crippen LogP contribution >= 0.6 is 11.8 Å². The van der Waals surface area contributed by atoms with Gasteiger partial charge in [0.25, 0.3) is 0 Å². The minimum absolute atomic E-state index is 0.281. The third-order valence-electron chi connectivity index (χ3n) is 2.97. The molecule has 0 radical (unpaired) electrons. The first-order valence-electron chi connectivity index (χ1n) is 6.84. The second-order valence-electron chi connectivity index (χ2n) is 4.53. The van der Waals surface area contributed by atoms with E-state index in [4.69, 9.17) is 0 Å². The SMILES string of the molecule is CCCSCC(=O)Cc1ccn(C(CC)CC)n1. The van der Waals surface area contributed by atoms with Crippen LogP contribution in [0.2, 0.25) is 0 Å². The average Bonchev–Trinajstić information content (AvgIpc) is 2.79. The number of aromatic nitrogens is 2. The van der Waals surface area contributed by atoms with E-state index < -0.39 is 0 Å². The summed E-state index contributed by atoms with van der Waals surface area (Å²) in [6, 6.07) is 2.43. The summed E-state index contributed by atoms with van der Waals surface area (Å²) in [6.45, 7) is 6.47. The van der Waals surface area contributed by atoms with Gasteiger partial charge in [-0.3, -0.25) is 9.48 Å². The highest BCUT2D eigenvalue weighted by Crippen LogP contribution is 2.15. The normalized spacial score (nSPS) is 11.1. The van der Waals surface area contributed by atoms with Crippen molar-refractivity contribution in [1.29, 1.82) is 0 Å². The van der Waals surface area contributed by atoms with Crippen molar-refractivity contribution in [3.05, 3.63) is 18.0 Å². The first-order valence-corrected chi connectivity index (χ1v) is 8.00. The Kier molecular flexibility index (Phi) is 7.09. The Morgan fingerprint density at radius 1 is 1.39 bits per heavy atom. The van der Waals surface area contributed by atoms with Crippen molar-refractivity contribution in [3.63, 3.8) is 0 Å². The van der Waals surface area contributed by atoms with Crippen LogP contribution in [0.3, 0.4) is 0 Å². The molecule has 1 heterocycles. The van der Waals surface area contributed by atoms with Crippen LogP contribution in [0.4, 0.5) is 0 Å². The molecule has 0 aliphatic rings. The van der Waals surface area contributed by atoms with Crippen molar-refractivity contribution in [3.8, 4) is 0 Å². The van der Waals surface area contributed by atoms with Gasteiger partial charge in [-0.15, -0.1) is 0 Å². The number of carbonyl (C=O) groups excluding carboxylic acids is 1. The smallest absolute Gasteiger partial charge is 0.148 e. The maximum absolute atomic E-state index is 11.7. The summed E-state index contributed by atoms with van der Waals surface area (Å²) in [6.07, 6.45) is 5.76. The zero-order valence-electron chi connectivity index (χ0n) is 11.7. The monoisotopic (exact) mass is 268 g/mol. The second kappa shape index (κ2) is 8.35. The lowest BCUT2D eigenvalue weighted by atomic mass is 10.2. The van der Waals surface area contributed by atoms with Gasteiger partial charge < -0.3 is 0 Å². The predicted molar refractivity (Wildman–Crippen MR) is 78.2 cm³/mol. The molecule has 0 amide bonds. The van der Waals surface area contributed by atoms with Gasteiger partial charge in [0.2, 0.25) is 0 Å². The van der Waals surface area contributed by atoms with Crippen LogP contribution < -0.4 is 0 Å². The fourth-order valence-corrected chi connectivity index (χ4v) is 2.68. The van der Waals surface area contributed by atoms with Crippen molar-refractivity contribution in [2.24, 2.45) is 0 Å². The summed E-state index contributed by atoms with van der Waals surface area (Å²) >= 11 is 1.72. The summed E-state index contributed by atoms with van der Waals surface area (Å²) in [7, 11) is 0. The molecule has 1 aromatic rings. The molecular weight excluding hydrogens is 244 g/mol. The van der Waals surface area contributed by atoms with Crippen molar-refractivity contribution in [2.75, 3.05) is 11.5 Å². The van der Waals surface area contributed by atoms with Gasteiger partial charge >= 0.3 is 0 Å². The predicted octanol–water partition coefficient (Wildman–Crippen LogP) is 3.50. The van der Waals surface area contributed by atoms with E-state index in [1.54, 1.807) is 11.8 Å². The molecule has 4 heteroatoms.